The lowest BCUT2D eigenvalue weighted by atomic mass is 9.88. The van der Waals surface area contributed by atoms with E-state index in [1.165, 1.54) is 6.42 Å². The summed E-state index contributed by atoms with van der Waals surface area (Å²) in [5, 5.41) is 4.07. The molecule has 3 aromatic rings. The minimum absolute atomic E-state index is 0.0166. The number of fused-ring (bicyclic) bond motifs is 3. The number of hydrogen-bond acceptors (Lipinski definition) is 4. The van der Waals surface area contributed by atoms with E-state index in [1.54, 1.807) is 6.07 Å². The highest BCUT2D eigenvalue weighted by molar-refractivity contribution is 6.04. The lowest BCUT2D eigenvalue weighted by molar-refractivity contribution is -0.139. The minimum atomic E-state index is -4.56. The van der Waals surface area contributed by atoms with Gasteiger partial charge in [-0.15, -0.1) is 0 Å². The number of ether oxygens (including phenoxy) is 1. The first kappa shape index (κ1) is 21.6. The molecule has 1 aliphatic carbocycles. The van der Waals surface area contributed by atoms with Gasteiger partial charge in [0, 0.05) is 30.9 Å². The quantitative estimate of drug-likeness (QED) is 0.588. The summed E-state index contributed by atoms with van der Waals surface area (Å²) in [6, 6.07) is 5.56. The molecule has 2 aliphatic rings. The third-order valence-corrected chi connectivity index (χ3v) is 6.78. The van der Waals surface area contributed by atoms with Gasteiger partial charge in [-0.25, -0.2) is 9.97 Å². The number of rotatable bonds is 4. The molecule has 0 amide bonds. The third kappa shape index (κ3) is 4.10. The number of aryl methyl sites for hydroxylation is 2. The van der Waals surface area contributed by atoms with Gasteiger partial charge < -0.3 is 14.6 Å². The average Bonchev–Trinajstić information content (AvgIpc) is 3.17. The molecule has 5 rings (SSSR count). The van der Waals surface area contributed by atoms with Crippen molar-refractivity contribution in [3.05, 3.63) is 35.3 Å². The number of nitrogens with one attached hydrogen (secondary N) is 1. The van der Waals surface area contributed by atoms with Crippen LogP contribution in [0.25, 0.3) is 21.9 Å². The number of benzene rings is 1. The van der Waals surface area contributed by atoms with E-state index in [1.807, 2.05) is 19.1 Å². The second-order valence-electron chi connectivity index (χ2n) is 9.12. The van der Waals surface area contributed by atoms with E-state index in [9.17, 15) is 13.2 Å². The van der Waals surface area contributed by atoms with Crippen molar-refractivity contribution < 1.29 is 17.9 Å². The van der Waals surface area contributed by atoms with Crippen LogP contribution in [0.3, 0.4) is 0 Å². The highest BCUT2D eigenvalue weighted by Crippen LogP contribution is 2.40. The van der Waals surface area contributed by atoms with Gasteiger partial charge in [-0.3, -0.25) is 0 Å². The zero-order valence-electron chi connectivity index (χ0n) is 18.3. The first-order valence-electron chi connectivity index (χ1n) is 11.6. The molecule has 0 bridgehead atoms. The van der Waals surface area contributed by atoms with Gasteiger partial charge in [0.1, 0.15) is 11.3 Å². The number of imidazole rings is 1. The van der Waals surface area contributed by atoms with Crippen LogP contribution in [0.15, 0.2) is 18.2 Å². The molecule has 1 saturated heterocycles. The number of pyridine rings is 1. The predicted octanol–water partition coefficient (Wildman–Crippen LogP) is 5.34. The molecule has 1 saturated carbocycles. The lowest BCUT2D eigenvalue weighted by Crippen LogP contribution is -2.39. The Labute approximate surface area is 185 Å². The summed E-state index contributed by atoms with van der Waals surface area (Å²) in [6.45, 7) is 4.72. The van der Waals surface area contributed by atoms with Crippen LogP contribution < -0.4 is 5.32 Å². The van der Waals surface area contributed by atoms with Crippen molar-refractivity contribution in [3.63, 3.8) is 0 Å². The molecule has 172 valence electrons. The van der Waals surface area contributed by atoms with Crippen molar-refractivity contribution in [2.24, 2.45) is 0 Å². The van der Waals surface area contributed by atoms with Crippen molar-refractivity contribution in [1.29, 1.82) is 0 Å². The molecule has 0 spiro atoms. The van der Waals surface area contributed by atoms with Gasteiger partial charge in [-0.1, -0.05) is 31.4 Å². The highest BCUT2D eigenvalue weighted by Gasteiger charge is 2.38. The van der Waals surface area contributed by atoms with E-state index >= 15 is 0 Å². The van der Waals surface area contributed by atoms with Crippen molar-refractivity contribution in [2.45, 2.75) is 70.2 Å². The number of halogens is 3. The van der Waals surface area contributed by atoms with Crippen LogP contribution in [0.4, 0.5) is 13.2 Å². The van der Waals surface area contributed by atoms with Crippen LogP contribution in [0.5, 0.6) is 0 Å². The van der Waals surface area contributed by atoms with Gasteiger partial charge in [0.15, 0.2) is 5.69 Å². The largest absolute Gasteiger partial charge is 0.435 e. The Morgan fingerprint density at radius 1 is 1.16 bits per heavy atom. The van der Waals surface area contributed by atoms with Gasteiger partial charge in [-0.2, -0.15) is 13.2 Å². The van der Waals surface area contributed by atoms with Crippen molar-refractivity contribution >= 4 is 21.9 Å². The zero-order chi connectivity index (χ0) is 22.3. The second kappa shape index (κ2) is 8.63. The third-order valence-electron chi connectivity index (χ3n) is 6.78. The van der Waals surface area contributed by atoms with E-state index < -0.39 is 11.9 Å². The van der Waals surface area contributed by atoms with E-state index in [4.69, 9.17) is 4.74 Å². The van der Waals surface area contributed by atoms with E-state index in [0.29, 0.717) is 24.2 Å². The second-order valence-corrected chi connectivity index (χ2v) is 9.12. The number of morpholine rings is 1. The Bertz CT molecular complexity index is 1110. The van der Waals surface area contributed by atoms with Gasteiger partial charge in [0.2, 0.25) is 0 Å². The highest BCUT2D eigenvalue weighted by atomic mass is 19.4. The zero-order valence-corrected chi connectivity index (χ0v) is 18.3. The van der Waals surface area contributed by atoms with Crippen molar-refractivity contribution in [3.8, 4) is 0 Å². The van der Waals surface area contributed by atoms with Crippen LogP contribution in [-0.4, -0.2) is 40.3 Å². The first-order valence-corrected chi connectivity index (χ1v) is 11.6. The maximum Gasteiger partial charge on any atom is 0.435 e. The summed E-state index contributed by atoms with van der Waals surface area (Å²) in [5.41, 5.74) is 0.926. The summed E-state index contributed by atoms with van der Waals surface area (Å²) in [5.74, 6) is 0.965. The van der Waals surface area contributed by atoms with Gasteiger partial charge in [0.05, 0.1) is 23.7 Å². The van der Waals surface area contributed by atoms with Crippen LogP contribution in [0.2, 0.25) is 0 Å². The smallest absolute Gasteiger partial charge is 0.376 e. The molecule has 5 nitrogen and oxygen atoms in total. The Morgan fingerprint density at radius 3 is 2.69 bits per heavy atom. The van der Waals surface area contributed by atoms with Crippen molar-refractivity contribution in [2.75, 3.05) is 19.7 Å². The molecule has 1 aliphatic heterocycles. The van der Waals surface area contributed by atoms with Crippen LogP contribution in [0, 0.1) is 6.92 Å². The fourth-order valence-corrected chi connectivity index (χ4v) is 5.19. The monoisotopic (exact) mass is 446 g/mol. The Balaban J connectivity index is 1.70. The van der Waals surface area contributed by atoms with Gasteiger partial charge in [-0.05, 0) is 37.8 Å². The summed E-state index contributed by atoms with van der Waals surface area (Å²) in [7, 11) is 0. The fourth-order valence-electron chi connectivity index (χ4n) is 5.19. The van der Waals surface area contributed by atoms with Crippen LogP contribution >= 0.6 is 0 Å². The SMILES string of the molecule is Cc1ccc2c(c1)nc(C(F)(F)F)c1nc(C3CCCCC3)n(CCC3CNCCO3)c12. The predicted molar refractivity (Wildman–Crippen MR) is 118 cm³/mol. The molecule has 1 unspecified atom stereocenters. The molecule has 1 atom stereocenters. The molecule has 3 heterocycles. The molecule has 2 fully saturated rings. The molecular weight excluding hydrogens is 417 g/mol. The lowest BCUT2D eigenvalue weighted by Gasteiger charge is -2.26. The summed E-state index contributed by atoms with van der Waals surface area (Å²) in [6.07, 6.45) is 1.52. The number of hydrogen-bond donors (Lipinski definition) is 1. The maximum absolute atomic E-state index is 14.1. The fraction of sp³-hybridized carbons (Fsp3) is 0.583. The standard InChI is InChI=1S/C24H29F3N4O/c1-15-7-8-18-19(13-15)29-22(24(25,26)27)20-21(18)31(11-9-17-14-28-10-12-32-17)23(30-20)16-5-3-2-4-6-16/h7-8,13,16-17,28H,2-6,9-12,14H2,1H3. The van der Waals surface area contributed by atoms with E-state index in [0.717, 1.165) is 62.0 Å². The number of alkyl halides is 3. The van der Waals surface area contributed by atoms with Gasteiger partial charge in [0.25, 0.3) is 0 Å². The molecule has 32 heavy (non-hydrogen) atoms. The first-order chi connectivity index (χ1) is 15.4. The van der Waals surface area contributed by atoms with E-state index in [-0.39, 0.29) is 17.5 Å². The van der Waals surface area contributed by atoms with E-state index in [2.05, 4.69) is 19.9 Å². The van der Waals surface area contributed by atoms with Crippen LogP contribution in [0.1, 0.15) is 61.5 Å². The molecule has 2 aromatic heterocycles. The van der Waals surface area contributed by atoms with Crippen molar-refractivity contribution in [1.82, 2.24) is 19.9 Å². The molecule has 0 radical (unpaired) electrons. The topological polar surface area (TPSA) is 52.0 Å². The summed E-state index contributed by atoms with van der Waals surface area (Å²) >= 11 is 0. The minimum Gasteiger partial charge on any atom is -0.376 e. The normalized spacial score (nSPS) is 20.9. The maximum atomic E-state index is 14.1. The Kier molecular flexibility index (Phi) is 5.84. The van der Waals surface area contributed by atoms with Gasteiger partial charge >= 0.3 is 6.18 Å². The molecule has 8 heteroatoms. The number of nitrogens with zero attached hydrogens (tertiary/aromatic N) is 3. The molecular formula is C24H29F3N4O. The summed E-state index contributed by atoms with van der Waals surface area (Å²) in [4.78, 5) is 8.71. The Morgan fingerprint density at radius 2 is 1.97 bits per heavy atom. The van der Waals surface area contributed by atoms with Crippen LogP contribution in [-0.2, 0) is 17.5 Å². The molecule has 1 N–H and O–H groups in total. The average molecular weight is 447 g/mol. The number of aromatic nitrogens is 3. The molecule has 1 aromatic carbocycles. The Hall–Kier alpha value is -2.19. The summed E-state index contributed by atoms with van der Waals surface area (Å²) < 4.78 is 50.1.